The SMILES string of the molecule is C#CC(=O)N(C)C[C@H](O)CO. The Labute approximate surface area is 65.4 Å². The van der Waals surface area contributed by atoms with Gasteiger partial charge in [-0.2, -0.15) is 0 Å². The van der Waals surface area contributed by atoms with Crippen LogP contribution in [0.1, 0.15) is 0 Å². The molecule has 0 aliphatic rings. The first-order chi connectivity index (χ1) is 5.11. The van der Waals surface area contributed by atoms with Crippen LogP contribution in [0.5, 0.6) is 0 Å². The number of amides is 1. The van der Waals surface area contributed by atoms with E-state index in [9.17, 15) is 4.79 Å². The number of likely N-dealkylation sites (N-methyl/N-ethyl adjacent to an activating group) is 1. The van der Waals surface area contributed by atoms with Gasteiger partial charge in [-0.1, -0.05) is 0 Å². The number of carbonyl (C=O) groups excluding carboxylic acids is 1. The van der Waals surface area contributed by atoms with Crippen molar-refractivity contribution in [2.75, 3.05) is 20.2 Å². The molecule has 1 atom stereocenters. The third-order valence-corrected chi connectivity index (χ3v) is 1.17. The molecule has 4 heteroatoms. The Balaban J connectivity index is 3.79. The zero-order valence-electron chi connectivity index (χ0n) is 6.32. The number of terminal acetylenes is 1. The van der Waals surface area contributed by atoms with Crippen molar-refractivity contribution in [1.29, 1.82) is 0 Å². The molecule has 0 saturated carbocycles. The Morgan fingerprint density at radius 3 is 2.73 bits per heavy atom. The molecular formula is C7H11NO3. The zero-order chi connectivity index (χ0) is 8.85. The van der Waals surface area contributed by atoms with Crippen LogP contribution in [0.15, 0.2) is 0 Å². The molecule has 0 aliphatic carbocycles. The highest BCUT2D eigenvalue weighted by atomic mass is 16.3. The van der Waals surface area contributed by atoms with Crippen molar-refractivity contribution in [3.05, 3.63) is 0 Å². The molecule has 0 heterocycles. The average molecular weight is 157 g/mol. The first-order valence-electron chi connectivity index (χ1n) is 3.12. The highest BCUT2D eigenvalue weighted by Gasteiger charge is 2.09. The van der Waals surface area contributed by atoms with Gasteiger partial charge < -0.3 is 15.1 Å². The van der Waals surface area contributed by atoms with Gasteiger partial charge in [-0.25, -0.2) is 0 Å². The van der Waals surface area contributed by atoms with Crippen LogP contribution in [0.25, 0.3) is 0 Å². The van der Waals surface area contributed by atoms with Crippen molar-refractivity contribution in [3.8, 4) is 12.3 Å². The van der Waals surface area contributed by atoms with Gasteiger partial charge in [0.1, 0.15) is 0 Å². The lowest BCUT2D eigenvalue weighted by Gasteiger charge is -2.16. The van der Waals surface area contributed by atoms with E-state index in [0.717, 1.165) is 0 Å². The third kappa shape index (κ3) is 3.61. The molecule has 11 heavy (non-hydrogen) atoms. The van der Waals surface area contributed by atoms with E-state index in [2.05, 4.69) is 0 Å². The van der Waals surface area contributed by atoms with Crippen LogP contribution in [0, 0.1) is 12.3 Å². The first-order valence-corrected chi connectivity index (χ1v) is 3.12. The second kappa shape index (κ2) is 4.72. The van der Waals surface area contributed by atoms with Crippen LogP contribution in [0.3, 0.4) is 0 Å². The Kier molecular flexibility index (Phi) is 4.27. The van der Waals surface area contributed by atoms with E-state index in [0.29, 0.717) is 0 Å². The topological polar surface area (TPSA) is 60.8 Å². The van der Waals surface area contributed by atoms with Gasteiger partial charge in [0, 0.05) is 13.6 Å². The Bertz CT molecular complexity index is 173. The van der Waals surface area contributed by atoms with Gasteiger partial charge in [0.2, 0.25) is 0 Å². The zero-order valence-corrected chi connectivity index (χ0v) is 6.32. The predicted molar refractivity (Wildman–Crippen MR) is 39.6 cm³/mol. The minimum atomic E-state index is -0.919. The summed E-state index contributed by atoms with van der Waals surface area (Å²) in [7, 11) is 1.46. The summed E-state index contributed by atoms with van der Waals surface area (Å²) in [6, 6.07) is 0. The molecule has 0 bridgehead atoms. The molecule has 1 amide bonds. The van der Waals surface area contributed by atoms with Gasteiger partial charge in [-0.3, -0.25) is 4.79 Å². The molecular weight excluding hydrogens is 146 g/mol. The van der Waals surface area contributed by atoms with Crippen molar-refractivity contribution in [2.45, 2.75) is 6.10 Å². The number of rotatable bonds is 3. The summed E-state index contributed by atoms with van der Waals surface area (Å²) in [5, 5.41) is 17.3. The van der Waals surface area contributed by atoms with Gasteiger partial charge in [0.25, 0.3) is 5.91 Å². The minimum Gasteiger partial charge on any atom is -0.394 e. The van der Waals surface area contributed by atoms with E-state index >= 15 is 0 Å². The quantitative estimate of drug-likeness (QED) is 0.487. The number of aliphatic hydroxyl groups is 2. The Morgan fingerprint density at radius 2 is 2.36 bits per heavy atom. The molecule has 0 fully saturated rings. The minimum absolute atomic E-state index is 0.0551. The number of hydrogen-bond donors (Lipinski definition) is 2. The van der Waals surface area contributed by atoms with Crippen molar-refractivity contribution in [3.63, 3.8) is 0 Å². The Hall–Kier alpha value is -1.05. The van der Waals surface area contributed by atoms with E-state index in [1.807, 2.05) is 5.92 Å². The summed E-state index contributed by atoms with van der Waals surface area (Å²) in [6.07, 6.45) is 3.89. The number of nitrogens with zero attached hydrogens (tertiary/aromatic N) is 1. The van der Waals surface area contributed by atoms with Gasteiger partial charge in [-0.15, -0.1) is 6.42 Å². The molecule has 0 aliphatic heterocycles. The highest BCUT2D eigenvalue weighted by Crippen LogP contribution is 1.87. The summed E-state index contributed by atoms with van der Waals surface area (Å²) in [4.78, 5) is 11.8. The normalized spacial score (nSPS) is 11.8. The number of carbonyl (C=O) groups is 1. The van der Waals surface area contributed by atoms with Crippen LogP contribution < -0.4 is 0 Å². The van der Waals surface area contributed by atoms with Crippen molar-refractivity contribution in [2.24, 2.45) is 0 Å². The van der Waals surface area contributed by atoms with Gasteiger partial charge >= 0.3 is 0 Å². The molecule has 2 N–H and O–H groups in total. The monoisotopic (exact) mass is 157 g/mol. The van der Waals surface area contributed by atoms with Crippen LogP contribution >= 0.6 is 0 Å². The molecule has 62 valence electrons. The Morgan fingerprint density at radius 1 is 1.82 bits per heavy atom. The second-order valence-corrected chi connectivity index (χ2v) is 2.17. The first kappa shape index (κ1) is 9.95. The third-order valence-electron chi connectivity index (χ3n) is 1.17. The van der Waals surface area contributed by atoms with E-state index in [4.69, 9.17) is 16.6 Å². The molecule has 0 saturated heterocycles. The molecule has 0 radical (unpaired) electrons. The summed E-state index contributed by atoms with van der Waals surface area (Å²) in [5.74, 6) is 1.39. The summed E-state index contributed by atoms with van der Waals surface area (Å²) >= 11 is 0. The molecule has 0 spiro atoms. The van der Waals surface area contributed by atoms with Crippen molar-refractivity contribution >= 4 is 5.91 Å². The highest BCUT2D eigenvalue weighted by molar-refractivity contribution is 5.92. The fraction of sp³-hybridized carbons (Fsp3) is 0.571. The van der Waals surface area contributed by atoms with E-state index in [-0.39, 0.29) is 13.2 Å². The molecule has 0 aromatic heterocycles. The average Bonchev–Trinajstić information content (AvgIpc) is 2.02. The van der Waals surface area contributed by atoms with Crippen LogP contribution in [-0.2, 0) is 4.79 Å². The van der Waals surface area contributed by atoms with Gasteiger partial charge in [0.15, 0.2) is 0 Å². The van der Waals surface area contributed by atoms with Crippen LogP contribution in [-0.4, -0.2) is 47.3 Å². The van der Waals surface area contributed by atoms with Crippen molar-refractivity contribution in [1.82, 2.24) is 4.90 Å². The lowest BCUT2D eigenvalue weighted by Crippen LogP contribution is -2.34. The standard InChI is InChI=1S/C7H11NO3/c1-3-7(11)8(2)4-6(10)5-9/h1,6,9-10H,4-5H2,2H3/t6-/m0/s1. The number of aliphatic hydroxyl groups excluding tert-OH is 2. The molecule has 0 aromatic rings. The smallest absolute Gasteiger partial charge is 0.298 e. The summed E-state index contributed by atoms with van der Waals surface area (Å²) < 4.78 is 0. The van der Waals surface area contributed by atoms with Crippen LogP contribution in [0.4, 0.5) is 0 Å². The van der Waals surface area contributed by atoms with E-state index < -0.39 is 12.0 Å². The summed E-state index contributed by atoms with van der Waals surface area (Å²) in [6.45, 7) is -0.318. The maximum absolute atomic E-state index is 10.7. The lowest BCUT2D eigenvalue weighted by atomic mass is 10.3. The largest absolute Gasteiger partial charge is 0.394 e. The number of hydrogen-bond acceptors (Lipinski definition) is 3. The van der Waals surface area contributed by atoms with Crippen LogP contribution in [0.2, 0.25) is 0 Å². The molecule has 4 nitrogen and oxygen atoms in total. The second-order valence-electron chi connectivity index (χ2n) is 2.17. The van der Waals surface area contributed by atoms with Gasteiger partial charge in [-0.05, 0) is 5.92 Å². The van der Waals surface area contributed by atoms with E-state index in [1.54, 1.807) is 0 Å². The maximum Gasteiger partial charge on any atom is 0.298 e. The van der Waals surface area contributed by atoms with Crippen molar-refractivity contribution < 1.29 is 15.0 Å². The predicted octanol–water partition coefficient (Wildman–Crippen LogP) is -1.57. The fourth-order valence-corrected chi connectivity index (χ4v) is 0.567. The maximum atomic E-state index is 10.7. The van der Waals surface area contributed by atoms with Gasteiger partial charge in [0.05, 0.1) is 12.7 Å². The molecule has 0 unspecified atom stereocenters. The molecule has 0 aromatic carbocycles. The molecule has 0 rings (SSSR count). The summed E-state index contributed by atoms with van der Waals surface area (Å²) in [5.41, 5.74) is 0. The van der Waals surface area contributed by atoms with E-state index in [1.165, 1.54) is 11.9 Å². The fourth-order valence-electron chi connectivity index (χ4n) is 0.567. The lowest BCUT2D eigenvalue weighted by molar-refractivity contribution is -0.125.